The summed E-state index contributed by atoms with van der Waals surface area (Å²) in [5, 5.41) is 0. The smallest absolute Gasteiger partial charge is 0.252 e. The molecule has 29 heavy (non-hydrogen) atoms. The number of aryl methyl sites for hydroxylation is 2. The molecule has 158 valence electrons. The minimum absolute atomic E-state index is 0.0239. The van der Waals surface area contributed by atoms with Crippen LogP contribution in [0.2, 0.25) is 0 Å². The molecular weight excluding hydrogens is 412 g/mol. The number of rotatable bonds is 7. The van der Waals surface area contributed by atoms with E-state index in [-0.39, 0.29) is 5.91 Å². The molecule has 1 aliphatic heterocycles. The number of benzene rings is 1. The SMILES string of the molecule is COc1cc(CCC(=O)N2CCN(S(=O)(=O)c3ccc(C)s3)CC2)cc(OC)c1. The van der Waals surface area contributed by atoms with Gasteiger partial charge in [-0.3, -0.25) is 4.79 Å². The Morgan fingerprint density at radius 2 is 1.66 bits per heavy atom. The standard InChI is InChI=1S/C20H26N2O5S2/c1-15-4-7-20(28-15)29(24,25)22-10-8-21(9-11-22)19(23)6-5-16-12-17(26-2)14-18(13-16)27-3/h4,7,12-14H,5-6,8-11H2,1-3H3. The number of thiophene rings is 1. The van der Waals surface area contributed by atoms with Gasteiger partial charge in [-0.2, -0.15) is 4.31 Å². The Kier molecular flexibility index (Phi) is 6.81. The maximum atomic E-state index is 12.7. The molecule has 1 fully saturated rings. The van der Waals surface area contributed by atoms with Gasteiger partial charge in [0.05, 0.1) is 14.2 Å². The highest BCUT2D eigenvalue weighted by molar-refractivity contribution is 7.91. The van der Waals surface area contributed by atoms with Crippen LogP contribution >= 0.6 is 11.3 Å². The second-order valence-electron chi connectivity index (χ2n) is 6.87. The van der Waals surface area contributed by atoms with E-state index in [0.29, 0.717) is 54.7 Å². The zero-order chi connectivity index (χ0) is 21.0. The molecule has 0 unspecified atom stereocenters. The van der Waals surface area contributed by atoms with Gasteiger partial charge in [0.25, 0.3) is 10.0 Å². The monoisotopic (exact) mass is 438 g/mol. The van der Waals surface area contributed by atoms with Crippen LogP contribution in [0.3, 0.4) is 0 Å². The van der Waals surface area contributed by atoms with Gasteiger partial charge in [-0.1, -0.05) is 0 Å². The summed E-state index contributed by atoms with van der Waals surface area (Å²) in [6.45, 7) is 3.34. The molecule has 1 amide bonds. The van der Waals surface area contributed by atoms with Crippen LogP contribution in [0.5, 0.6) is 11.5 Å². The van der Waals surface area contributed by atoms with E-state index in [2.05, 4.69) is 0 Å². The first kappa shape index (κ1) is 21.6. The zero-order valence-corrected chi connectivity index (χ0v) is 18.5. The zero-order valence-electron chi connectivity index (χ0n) is 16.9. The van der Waals surface area contributed by atoms with Gasteiger partial charge in [-0.25, -0.2) is 8.42 Å². The second kappa shape index (κ2) is 9.15. The number of hydrogen-bond acceptors (Lipinski definition) is 6. The van der Waals surface area contributed by atoms with Gasteiger partial charge in [-0.15, -0.1) is 11.3 Å². The van der Waals surface area contributed by atoms with Crippen LogP contribution in [-0.4, -0.2) is 63.9 Å². The number of ether oxygens (including phenoxy) is 2. The highest BCUT2D eigenvalue weighted by Crippen LogP contribution is 2.26. The Morgan fingerprint density at radius 3 is 2.17 bits per heavy atom. The van der Waals surface area contributed by atoms with Gasteiger partial charge in [-0.05, 0) is 43.2 Å². The molecule has 3 rings (SSSR count). The first-order valence-corrected chi connectivity index (χ1v) is 11.7. The van der Waals surface area contributed by atoms with Crippen molar-refractivity contribution < 1.29 is 22.7 Å². The molecule has 1 aromatic carbocycles. The molecule has 0 radical (unpaired) electrons. The molecule has 9 heteroatoms. The van der Waals surface area contributed by atoms with Crippen LogP contribution in [0.15, 0.2) is 34.5 Å². The summed E-state index contributed by atoms with van der Waals surface area (Å²) in [4.78, 5) is 15.3. The highest BCUT2D eigenvalue weighted by Gasteiger charge is 2.30. The van der Waals surface area contributed by atoms with Crippen molar-refractivity contribution in [2.45, 2.75) is 24.0 Å². The van der Waals surface area contributed by atoms with E-state index in [1.54, 1.807) is 31.3 Å². The maximum Gasteiger partial charge on any atom is 0.252 e. The Balaban J connectivity index is 1.55. The number of sulfonamides is 1. The number of carbonyl (C=O) groups is 1. The summed E-state index contributed by atoms with van der Waals surface area (Å²) >= 11 is 1.28. The van der Waals surface area contributed by atoms with Crippen LogP contribution in [0.25, 0.3) is 0 Å². The summed E-state index contributed by atoms with van der Waals surface area (Å²) in [6, 6.07) is 9.03. The molecule has 0 spiro atoms. The Labute approximate surface area is 175 Å². The van der Waals surface area contributed by atoms with Gasteiger partial charge in [0.15, 0.2) is 0 Å². The van der Waals surface area contributed by atoms with E-state index in [1.165, 1.54) is 15.6 Å². The van der Waals surface area contributed by atoms with E-state index in [9.17, 15) is 13.2 Å². The third-order valence-electron chi connectivity index (χ3n) is 4.94. The third kappa shape index (κ3) is 5.09. The first-order chi connectivity index (χ1) is 13.8. The van der Waals surface area contributed by atoms with Gasteiger partial charge in [0.1, 0.15) is 15.7 Å². The Morgan fingerprint density at radius 1 is 1.03 bits per heavy atom. The lowest BCUT2D eigenvalue weighted by Gasteiger charge is -2.33. The van der Waals surface area contributed by atoms with Crippen molar-refractivity contribution in [3.8, 4) is 11.5 Å². The van der Waals surface area contributed by atoms with Crippen molar-refractivity contribution >= 4 is 27.3 Å². The molecule has 7 nitrogen and oxygen atoms in total. The molecule has 1 saturated heterocycles. The van der Waals surface area contributed by atoms with Gasteiger partial charge in [0.2, 0.25) is 5.91 Å². The fraction of sp³-hybridized carbons (Fsp3) is 0.450. The van der Waals surface area contributed by atoms with E-state index in [1.807, 2.05) is 25.1 Å². The van der Waals surface area contributed by atoms with Crippen molar-refractivity contribution in [2.75, 3.05) is 40.4 Å². The average Bonchev–Trinajstić information content (AvgIpc) is 3.19. The largest absolute Gasteiger partial charge is 0.497 e. The number of piperazine rings is 1. The van der Waals surface area contributed by atoms with Crippen molar-refractivity contribution in [2.24, 2.45) is 0 Å². The molecule has 1 aliphatic rings. The predicted octanol–water partition coefficient (Wildman–Crippen LogP) is 2.54. The van der Waals surface area contributed by atoms with Gasteiger partial charge < -0.3 is 14.4 Å². The number of methoxy groups -OCH3 is 2. The molecule has 0 atom stereocenters. The van der Waals surface area contributed by atoms with Crippen LogP contribution in [0.1, 0.15) is 16.9 Å². The molecule has 0 saturated carbocycles. The number of carbonyl (C=O) groups excluding carboxylic acids is 1. The normalized spacial score (nSPS) is 15.3. The molecular formula is C20H26N2O5S2. The summed E-state index contributed by atoms with van der Waals surface area (Å²) in [6.07, 6.45) is 0.923. The van der Waals surface area contributed by atoms with E-state index in [0.717, 1.165) is 10.4 Å². The van der Waals surface area contributed by atoms with Crippen LogP contribution in [-0.2, 0) is 21.2 Å². The number of amides is 1. The summed E-state index contributed by atoms with van der Waals surface area (Å²) in [7, 11) is -0.291. The quantitative estimate of drug-likeness (QED) is 0.664. The molecule has 1 aromatic heterocycles. The number of nitrogens with zero attached hydrogens (tertiary/aromatic N) is 2. The van der Waals surface area contributed by atoms with Crippen molar-refractivity contribution in [1.29, 1.82) is 0 Å². The molecule has 0 N–H and O–H groups in total. The molecule has 0 bridgehead atoms. The highest BCUT2D eigenvalue weighted by atomic mass is 32.2. The summed E-state index contributed by atoms with van der Waals surface area (Å²) in [5.74, 6) is 1.40. The number of hydrogen-bond donors (Lipinski definition) is 0. The fourth-order valence-electron chi connectivity index (χ4n) is 3.28. The Hall–Kier alpha value is -2.10. The first-order valence-electron chi connectivity index (χ1n) is 9.40. The lowest BCUT2D eigenvalue weighted by atomic mass is 10.1. The molecule has 2 aromatic rings. The fourth-order valence-corrected chi connectivity index (χ4v) is 6.14. The van der Waals surface area contributed by atoms with E-state index in [4.69, 9.17) is 9.47 Å². The van der Waals surface area contributed by atoms with Crippen molar-refractivity contribution in [3.63, 3.8) is 0 Å². The minimum atomic E-state index is -3.47. The third-order valence-corrected chi connectivity index (χ3v) is 8.31. The van der Waals surface area contributed by atoms with E-state index >= 15 is 0 Å². The topological polar surface area (TPSA) is 76.2 Å². The van der Waals surface area contributed by atoms with Gasteiger partial charge in [0, 0.05) is 43.5 Å². The lowest BCUT2D eigenvalue weighted by Crippen LogP contribution is -2.50. The minimum Gasteiger partial charge on any atom is -0.497 e. The molecule has 2 heterocycles. The Bertz CT molecular complexity index is 941. The van der Waals surface area contributed by atoms with Crippen LogP contribution in [0.4, 0.5) is 0 Å². The van der Waals surface area contributed by atoms with Gasteiger partial charge >= 0.3 is 0 Å². The van der Waals surface area contributed by atoms with Crippen molar-refractivity contribution in [3.05, 3.63) is 40.8 Å². The summed E-state index contributed by atoms with van der Waals surface area (Å²) < 4.78 is 37.8. The van der Waals surface area contributed by atoms with Crippen LogP contribution in [0, 0.1) is 6.92 Å². The van der Waals surface area contributed by atoms with E-state index < -0.39 is 10.0 Å². The molecule has 0 aliphatic carbocycles. The van der Waals surface area contributed by atoms with Crippen LogP contribution < -0.4 is 9.47 Å². The second-order valence-corrected chi connectivity index (χ2v) is 10.3. The average molecular weight is 439 g/mol. The lowest BCUT2D eigenvalue weighted by molar-refractivity contribution is -0.132. The van der Waals surface area contributed by atoms with Crippen molar-refractivity contribution in [1.82, 2.24) is 9.21 Å². The summed E-state index contributed by atoms with van der Waals surface area (Å²) in [5.41, 5.74) is 0.962. The predicted molar refractivity (Wildman–Crippen MR) is 112 cm³/mol. The maximum absolute atomic E-state index is 12.7.